The van der Waals surface area contributed by atoms with Crippen molar-refractivity contribution in [2.24, 2.45) is 5.92 Å². The van der Waals surface area contributed by atoms with Crippen molar-refractivity contribution in [3.8, 4) is 0 Å². The highest BCUT2D eigenvalue weighted by molar-refractivity contribution is 6.31. The Morgan fingerprint density at radius 2 is 1.83 bits per heavy atom. The number of carbonyl (C=O) groups is 1. The molecule has 4 nitrogen and oxygen atoms in total. The molecule has 1 amide bonds. The van der Waals surface area contributed by atoms with Crippen LogP contribution < -0.4 is 5.32 Å². The zero-order chi connectivity index (χ0) is 20.8. The number of rotatable bonds is 6. The predicted octanol–water partition coefficient (Wildman–Crippen LogP) is 4.66. The quantitative estimate of drug-likeness (QED) is 0.632. The number of hydrogen-bond acceptors (Lipinski definition) is 3. The molecule has 0 aliphatic carbocycles. The lowest BCUT2D eigenvalue weighted by Crippen LogP contribution is -2.45. The monoisotopic (exact) mass is 419 g/mol. The van der Waals surface area contributed by atoms with Gasteiger partial charge in [-0.1, -0.05) is 66.2 Å². The van der Waals surface area contributed by atoms with E-state index in [-0.39, 0.29) is 11.8 Å². The number of halogens is 1. The highest BCUT2D eigenvalue weighted by atomic mass is 35.5. The average Bonchev–Trinajstić information content (AvgIpc) is 2.80. The Morgan fingerprint density at radius 3 is 2.60 bits per heavy atom. The van der Waals surface area contributed by atoms with Crippen LogP contribution in [0.2, 0.25) is 5.02 Å². The predicted molar refractivity (Wildman–Crippen MR) is 120 cm³/mol. The maximum Gasteiger partial charge on any atom is 0.224 e. The molecule has 2 aromatic carbocycles. The SMILES string of the molecule is O=C(NCc1cccnc1)C1CC(c2ccccc2)CN(Cc2ccccc2Cl)C1. The van der Waals surface area contributed by atoms with Crippen molar-refractivity contribution in [2.75, 3.05) is 13.1 Å². The molecule has 3 aromatic rings. The number of hydrogen-bond donors (Lipinski definition) is 1. The van der Waals surface area contributed by atoms with Crippen LogP contribution >= 0.6 is 11.6 Å². The highest BCUT2D eigenvalue weighted by Crippen LogP contribution is 2.32. The Morgan fingerprint density at radius 1 is 1.03 bits per heavy atom. The van der Waals surface area contributed by atoms with Crippen LogP contribution in [-0.2, 0) is 17.9 Å². The molecule has 1 saturated heterocycles. The molecule has 1 N–H and O–H groups in total. The summed E-state index contributed by atoms with van der Waals surface area (Å²) in [7, 11) is 0. The van der Waals surface area contributed by atoms with Gasteiger partial charge in [0, 0.05) is 43.6 Å². The summed E-state index contributed by atoms with van der Waals surface area (Å²) in [4.78, 5) is 19.5. The Kier molecular flexibility index (Phi) is 6.77. The molecule has 5 heteroatoms. The van der Waals surface area contributed by atoms with E-state index >= 15 is 0 Å². The number of likely N-dealkylation sites (tertiary alicyclic amines) is 1. The van der Waals surface area contributed by atoms with Crippen LogP contribution in [0.4, 0.5) is 0 Å². The minimum absolute atomic E-state index is 0.0666. The number of nitrogens with zero attached hydrogens (tertiary/aromatic N) is 2. The van der Waals surface area contributed by atoms with Crippen LogP contribution in [0.1, 0.15) is 29.0 Å². The van der Waals surface area contributed by atoms with Gasteiger partial charge in [-0.3, -0.25) is 14.7 Å². The van der Waals surface area contributed by atoms with E-state index in [1.54, 1.807) is 12.4 Å². The van der Waals surface area contributed by atoms with Gasteiger partial charge in [0.15, 0.2) is 0 Å². The number of piperidine rings is 1. The molecule has 4 rings (SSSR count). The van der Waals surface area contributed by atoms with E-state index in [1.165, 1.54) is 5.56 Å². The molecular weight excluding hydrogens is 394 g/mol. The molecule has 0 saturated carbocycles. The zero-order valence-electron chi connectivity index (χ0n) is 16.9. The first-order valence-corrected chi connectivity index (χ1v) is 10.7. The summed E-state index contributed by atoms with van der Waals surface area (Å²) in [6.07, 6.45) is 4.38. The lowest BCUT2D eigenvalue weighted by molar-refractivity contribution is -0.127. The molecule has 1 aliphatic heterocycles. The van der Waals surface area contributed by atoms with Crippen molar-refractivity contribution >= 4 is 17.5 Å². The molecule has 1 fully saturated rings. The third-order valence-corrected chi connectivity index (χ3v) is 6.08. The Labute approximate surface area is 182 Å². The Balaban J connectivity index is 1.48. The van der Waals surface area contributed by atoms with Crippen LogP contribution in [0.25, 0.3) is 0 Å². The third-order valence-electron chi connectivity index (χ3n) is 5.71. The number of amides is 1. The second-order valence-corrected chi connectivity index (χ2v) is 8.31. The summed E-state index contributed by atoms with van der Waals surface area (Å²) in [6, 6.07) is 22.3. The molecule has 0 radical (unpaired) electrons. The van der Waals surface area contributed by atoms with E-state index in [0.29, 0.717) is 12.5 Å². The van der Waals surface area contributed by atoms with Crippen LogP contribution in [0.3, 0.4) is 0 Å². The summed E-state index contributed by atoms with van der Waals surface area (Å²) in [6.45, 7) is 2.90. The first kappa shape index (κ1) is 20.6. The van der Waals surface area contributed by atoms with Crippen molar-refractivity contribution in [1.82, 2.24) is 15.2 Å². The van der Waals surface area contributed by atoms with Crippen molar-refractivity contribution < 1.29 is 4.79 Å². The largest absolute Gasteiger partial charge is 0.352 e. The number of pyridine rings is 1. The number of nitrogens with one attached hydrogen (secondary N) is 1. The summed E-state index contributed by atoms with van der Waals surface area (Å²) >= 11 is 6.40. The summed E-state index contributed by atoms with van der Waals surface area (Å²) in [5.74, 6) is 0.350. The van der Waals surface area contributed by atoms with Gasteiger partial charge in [0.2, 0.25) is 5.91 Å². The van der Waals surface area contributed by atoms with Crippen molar-refractivity contribution in [3.05, 3.63) is 101 Å². The fourth-order valence-corrected chi connectivity index (χ4v) is 4.38. The fourth-order valence-electron chi connectivity index (χ4n) is 4.18. The maximum atomic E-state index is 13.0. The van der Waals surface area contributed by atoms with Crippen molar-refractivity contribution in [2.45, 2.75) is 25.4 Å². The van der Waals surface area contributed by atoms with Gasteiger partial charge in [-0.05, 0) is 41.2 Å². The standard InChI is InChI=1S/C25H26ClN3O/c26-24-11-5-4-10-21(24)16-29-17-22(20-8-2-1-3-9-20)13-23(18-29)25(30)28-15-19-7-6-12-27-14-19/h1-12,14,22-23H,13,15-18H2,(H,28,30). The molecule has 30 heavy (non-hydrogen) atoms. The van der Waals surface area contributed by atoms with Gasteiger partial charge < -0.3 is 5.32 Å². The lowest BCUT2D eigenvalue weighted by Gasteiger charge is -2.37. The van der Waals surface area contributed by atoms with Crippen molar-refractivity contribution in [1.29, 1.82) is 0 Å². The number of carbonyl (C=O) groups excluding carboxylic acids is 1. The minimum Gasteiger partial charge on any atom is -0.352 e. The van der Waals surface area contributed by atoms with Crippen LogP contribution in [-0.4, -0.2) is 28.9 Å². The Hall–Kier alpha value is -2.69. The van der Waals surface area contributed by atoms with E-state index in [4.69, 9.17) is 11.6 Å². The van der Waals surface area contributed by atoms with Crippen LogP contribution in [0.5, 0.6) is 0 Å². The molecule has 0 bridgehead atoms. The second-order valence-electron chi connectivity index (χ2n) is 7.90. The molecule has 2 unspecified atom stereocenters. The lowest BCUT2D eigenvalue weighted by atomic mass is 9.84. The van der Waals surface area contributed by atoms with Crippen LogP contribution in [0.15, 0.2) is 79.1 Å². The molecule has 1 aromatic heterocycles. The summed E-state index contributed by atoms with van der Waals surface area (Å²) in [5.41, 5.74) is 3.39. The van der Waals surface area contributed by atoms with E-state index in [0.717, 1.165) is 42.2 Å². The molecule has 2 heterocycles. The molecular formula is C25H26ClN3O. The second kappa shape index (κ2) is 9.88. The zero-order valence-corrected chi connectivity index (χ0v) is 17.6. The summed E-state index contributed by atoms with van der Waals surface area (Å²) < 4.78 is 0. The number of aromatic nitrogens is 1. The molecule has 2 atom stereocenters. The van der Waals surface area contributed by atoms with E-state index in [9.17, 15) is 4.79 Å². The fraction of sp³-hybridized carbons (Fsp3) is 0.280. The maximum absolute atomic E-state index is 13.0. The minimum atomic E-state index is -0.0666. The van der Waals surface area contributed by atoms with E-state index < -0.39 is 0 Å². The van der Waals surface area contributed by atoms with Gasteiger partial charge in [-0.2, -0.15) is 0 Å². The first-order chi connectivity index (χ1) is 14.7. The highest BCUT2D eigenvalue weighted by Gasteiger charge is 2.32. The van der Waals surface area contributed by atoms with E-state index in [2.05, 4.69) is 45.5 Å². The van der Waals surface area contributed by atoms with Gasteiger partial charge in [0.05, 0.1) is 5.92 Å². The molecule has 0 spiro atoms. The van der Waals surface area contributed by atoms with Crippen molar-refractivity contribution in [3.63, 3.8) is 0 Å². The Bertz CT molecular complexity index is 964. The number of benzene rings is 2. The first-order valence-electron chi connectivity index (χ1n) is 10.4. The summed E-state index contributed by atoms with van der Waals surface area (Å²) in [5, 5.41) is 3.88. The van der Waals surface area contributed by atoms with Gasteiger partial charge in [-0.15, -0.1) is 0 Å². The normalized spacial score (nSPS) is 19.4. The van der Waals surface area contributed by atoms with Gasteiger partial charge in [-0.25, -0.2) is 0 Å². The molecule has 1 aliphatic rings. The van der Waals surface area contributed by atoms with Gasteiger partial charge in [0.25, 0.3) is 0 Å². The molecule has 154 valence electrons. The smallest absolute Gasteiger partial charge is 0.224 e. The topological polar surface area (TPSA) is 45.2 Å². The van der Waals surface area contributed by atoms with Gasteiger partial charge >= 0.3 is 0 Å². The third kappa shape index (κ3) is 5.26. The van der Waals surface area contributed by atoms with E-state index in [1.807, 2.05) is 36.4 Å². The average molecular weight is 420 g/mol. The van der Waals surface area contributed by atoms with Crippen LogP contribution in [0, 0.1) is 5.92 Å². The van der Waals surface area contributed by atoms with Gasteiger partial charge in [0.1, 0.15) is 0 Å².